The molecule has 0 radical (unpaired) electrons. The third-order valence-corrected chi connectivity index (χ3v) is 6.56. The van der Waals surface area contributed by atoms with Crippen molar-refractivity contribution in [1.29, 1.82) is 0 Å². The summed E-state index contributed by atoms with van der Waals surface area (Å²) in [6.45, 7) is 2.36. The molecule has 2 saturated carbocycles. The molecule has 2 N–H and O–H groups in total. The minimum absolute atomic E-state index is 0.0434. The monoisotopic (exact) mass is 269 g/mol. The van der Waals surface area contributed by atoms with Crippen LogP contribution in [0.1, 0.15) is 68.9 Å². The van der Waals surface area contributed by atoms with Crippen LogP contribution in [-0.2, 0) is 5.54 Å². The first-order valence-corrected chi connectivity index (χ1v) is 8.54. The molecule has 3 aliphatic carbocycles. The first-order chi connectivity index (χ1) is 9.66. The van der Waals surface area contributed by atoms with Gasteiger partial charge in [0.2, 0.25) is 0 Å². The van der Waals surface area contributed by atoms with Crippen LogP contribution in [0.3, 0.4) is 0 Å². The minimum atomic E-state index is -0.0434. The Kier molecular flexibility index (Phi) is 2.96. The van der Waals surface area contributed by atoms with E-state index in [9.17, 15) is 0 Å². The van der Waals surface area contributed by atoms with Crippen LogP contribution < -0.4 is 5.73 Å². The number of hydrogen-bond donors (Lipinski definition) is 1. The van der Waals surface area contributed by atoms with E-state index in [1.165, 1.54) is 56.1 Å². The van der Waals surface area contributed by atoms with E-state index in [4.69, 9.17) is 5.73 Å². The van der Waals surface area contributed by atoms with Gasteiger partial charge in [-0.25, -0.2) is 0 Å². The van der Waals surface area contributed by atoms with Gasteiger partial charge < -0.3 is 5.73 Å². The molecule has 0 amide bonds. The van der Waals surface area contributed by atoms with E-state index in [2.05, 4.69) is 31.2 Å². The lowest BCUT2D eigenvalue weighted by Gasteiger charge is -2.41. The van der Waals surface area contributed by atoms with Crippen LogP contribution in [0.5, 0.6) is 0 Å². The van der Waals surface area contributed by atoms with Crippen molar-refractivity contribution in [2.45, 2.75) is 63.3 Å². The lowest BCUT2D eigenvalue weighted by atomic mass is 9.67. The van der Waals surface area contributed by atoms with Gasteiger partial charge >= 0.3 is 0 Å². The second-order valence-corrected chi connectivity index (χ2v) is 7.82. The van der Waals surface area contributed by atoms with Gasteiger partial charge in [-0.15, -0.1) is 0 Å². The van der Waals surface area contributed by atoms with Gasteiger partial charge in [0.1, 0.15) is 0 Å². The molecule has 0 aromatic heterocycles. The van der Waals surface area contributed by atoms with E-state index in [-0.39, 0.29) is 5.54 Å². The summed E-state index contributed by atoms with van der Waals surface area (Å²) in [4.78, 5) is 0. The number of hydrogen-bond acceptors (Lipinski definition) is 1. The Morgan fingerprint density at radius 1 is 1.15 bits per heavy atom. The maximum Gasteiger partial charge on any atom is 0.0415 e. The zero-order chi connectivity index (χ0) is 13.7. The second-order valence-electron chi connectivity index (χ2n) is 7.82. The highest BCUT2D eigenvalue weighted by Crippen LogP contribution is 2.53. The van der Waals surface area contributed by atoms with Gasteiger partial charge in [0.15, 0.2) is 0 Å². The van der Waals surface area contributed by atoms with E-state index >= 15 is 0 Å². The summed E-state index contributed by atoms with van der Waals surface area (Å²) in [5.41, 5.74) is 9.88. The molecule has 0 heterocycles. The maximum atomic E-state index is 6.94. The molecule has 108 valence electrons. The fraction of sp³-hybridized carbons (Fsp3) is 0.684. The lowest BCUT2D eigenvalue weighted by molar-refractivity contribution is 0.217. The Morgan fingerprint density at radius 2 is 2.00 bits per heavy atom. The van der Waals surface area contributed by atoms with Crippen LogP contribution in [0.15, 0.2) is 24.3 Å². The SMILES string of the molecule is CC1CCC(N)(CC2CC3CCC2C3)c2ccccc21. The minimum Gasteiger partial charge on any atom is -0.321 e. The Hall–Kier alpha value is -0.820. The van der Waals surface area contributed by atoms with Gasteiger partial charge in [-0.3, -0.25) is 0 Å². The molecule has 2 bridgehead atoms. The van der Waals surface area contributed by atoms with Gasteiger partial charge in [-0.05, 0) is 73.3 Å². The largest absolute Gasteiger partial charge is 0.321 e. The summed E-state index contributed by atoms with van der Waals surface area (Å²) >= 11 is 0. The highest BCUT2D eigenvalue weighted by atomic mass is 14.8. The van der Waals surface area contributed by atoms with Gasteiger partial charge in [-0.2, -0.15) is 0 Å². The van der Waals surface area contributed by atoms with Crippen LogP contribution in [0.2, 0.25) is 0 Å². The summed E-state index contributed by atoms with van der Waals surface area (Å²) in [6, 6.07) is 8.97. The molecule has 1 nitrogen and oxygen atoms in total. The van der Waals surface area contributed by atoms with Crippen molar-refractivity contribution in [2.24, 2.45) is 23.5 Å². The van der Waals surface area contributed by atoms with Crippen molar-refractivity contribution in [1.82, 2.24) is 0 Å². The van der Waals surface area contributed by atoms with Crippen molar-refractivity contribution in [3.05, 3.63) is 35.4 Å². The Labute approximate surface area is 122 Å². The van der Waals surface area contributed by atoms with Crippen LogP contribution in [0.4, 0.5) is 0 Å². The van der Waals surface area contributed by atoms with Crippen LogP contribution in [0.25, 0.3) is 0 Å². The zero-order valence-electron chi connectivity index (χ0n) is 12.6. The third kappa shape index (κ3) is 1.94. The molecule has 0 spiro atoms. The summed E-state index contributed by atoms with van der Waals surface area (Å²) in [5.74, 6) is 3.61. The smallest absolute Gasteiger partial charge is 0.0415 e. The predicted molar refractivity (Wildman–Crippen MR) is 83.5 cm³/mol. The van der Waals surface area contributed by atoms with E-state index in [0.29, 0.717) is 5.92 Å². The molecule has 4 rings (SSSR count). The molecule has 1 aromatic carbocycles. The second kappa shape index (κ2) is 4.59. The summed E-state index contributed by atoms with van der Waals surface area (Å²) in [6.07, 6.45) is 9.60. The van der Waals surface area contributed by atoms with Crippen molar-refractivity contribution < 1.29 is 0 Å². The Bertz CT molecular complexity index is 508. The van der Waals surface area contributed by atoms with Crippen molar-refractivity contribution in [3.8, 4) is 0 Å². The van der Waals surface area contributed by atoms with E-state index in [0.717, 1.165) is 17.8 Å². The molecule has 5 atom stereocenters. The average molecular weight is 269 g/mol. The normalized spacial score (nSPS) is 42.7. The van der Waals surface area contributed by atoms with Gasteiger partial charge in [0.25, 0.3) is 0 Å². The molecule has 5 unspecified atom stereocenters. The van der Waals surface area contributed by atoms with Crippen LogP contribution in [0, 0.1) is 17.8 Å². The van der Waals surface area contributed by atoms with Crippen molar-refractivity contribution in [2.75, 3.05) is 0 Å². The first kappa shape index (κ1) is 12.9. The number of nitrogens with two attached hydrogens (primary N) is 1. The van der Waals surface area contributed by atoms with Crippen molar-refractivity contribution in [3.63, 3.8) is 0 Å². The fourth-order valence-corrected chi connectivity index (χ4v) is 5.45. The zero-order valence-corrected chi connectivity index (χ0v) is 12.6. The third-order valence-electron chi connectivity index (χ3n) is 6.56. The predicted octanol–water partition coefficient (Wildman–Crippen LogP) is 4.56. The van der Waals surface area contributed by atoms with Gasteiger partial charge in [0.05, 0.1) is 0 Å². The maximum absolute atomic E-state index is 6.94. The summed E-state index contributed by atoms with van der Waals surface area (Å²) in [5, 5.41) is 0. The van der Waals surface area contributed by atoms with Gasteiger partial charge in [0, 0.05) is 5.54 Å². The molecule has 0 saturated heterocycles. The molecular weight excluding hydrogens is 242 g/mol. The molecule has 3 aliphatic rings. The molecule has 2 fully saturated rings. The molecule has 1 aromatic rings. The van der Waals surface area contributed by atoms with Crippen LogP contribution in [-0.4, -0.2) is 0 Å². The van der Waals surface area contributed by atoms with E-state index < -0.39 is 0 Å². The summed E-state index contributed by atoms with van der Waals surface area (Å²) < 4.78 is 0. The number of fused-ring (bicyclic) bond motifs is 3. The average Bonchev–Trinajstić information content (AvgIpc) is 3.06. The number of rotatable bonds is 2. The van der Waals surface area contributed by atoms with E-state index in [1.807, 2.05) is 0 Å². The number of benzene rings is 1. The molecular formula is C19H27N. The standard InChI is InChI=1S/C19H27N/c1-13-8-9-19(20,18-5-3-2-4-17(13)18)12-16-11-14-6-7-15(16)10-14/h2-5,13-16H,6-12,20H2,1H3. The first-order valence-electron chi connectivity index (χ1n) is 8.54. The molecule has 0 aliphatic heterocycles. The quantitative estimate of drug-likeness (QED) is 0.836. The Morgan fingerprint density at radius 3 is 2.75 bits per heavy atom. The van der Waals surface area contributed by atoms with E-state index in [1.54, 1.807) is 0 Å². The van der Waals surface area contributed by atoms with Gasteiger partial charge in [-0.1, -0.05) is 37.6 Å². The molecule has 20 heavy (non-hydrogen) atoms. The highest BCUT2D eigenvalue weighted by Gasteiger charge is 2.44. The molecule has 1 heteroatoms. The Balaban J connectivity index is 1.62. The summed E-state index contributed by atoms with van der Waals surface area (Å²) in [7, 11) is 0. The topological polar surface area (TPSA) is 26.0 Å². The lowest BCUT2D eigenvalue weighted by Crippen LogP contribution is -2.43. The highest BCUT2D eigenvalue weighted by molar-refractivity contribution is 5.38. The van der Waals surface area contributed by atoms with Crippen molar-refractivity contribution >= 4 is 0 Å². The van der Waals surface area contributed by atoms with Crippen LogP contribution >= 0.6 is 0 Å². The fourth-order valence-electron chi connectivity index (χ4n) is 5.45.